The fourth-order valence-electron chi connectivity index (χ4n) is 1.96. The Kier molecular flexibility index (Phi) is 5.35. The summed E-state index contributed by atoms with van der Waals surface area (Å²) in [6, 6.07) is 11.2. The van der Waals surface area contributed by atoms with Crippen molar-refractivity contribution in [1.29, 1.82) is 0 Å². The fraction of sp³-hybridized carbons (Fsp3) is 0.188. The van der Waals surface area contributed by atoms with Crippen molar-refractivity contribution >= 4 is 28.9 Å². The molecule has 0 spiro atoms. The normalized spacial score (nSPS) is 10.4. The van der Waals surface area contributed by atoms with Gasteiger partial charge in [-0.3, -0.25) is 4.79 Å². The second kappa shape index (κ2) is 7.24. The molecule has 4 nitrogen and oxygen atoms in total. The quantitative estimate of drug-likeness (QED) is 0.889. The van der Waals surface area contributed by atoms with E-state index in [0.717, 1.165) is 5.69 Å². The molecule has 0 atom stereocenters. The van der Waals surface area contributed by atoms with Crippen LogP contribution in [0.15, 0.2) is 42.5 Å². The van der Waals surface area contributed by atoms with Crippen LogP contribution in [0.1, 0.15) is 10.4 Å². The number of aliphatic hydroxyl groups excluding tert-OH is 1. The SMILES string of the molecule is CN(CCO)c1ccc(NC(=O)c2cccc(F)c2Cl)cc1. The summed E-state index contributed by atoms with van der Waals surface area (Å²) in [5.74, 6) is -1.10. The number of amides is 1. The van der Waals surface area contributed by atoms with Crippen LogP contribution in [0.4, 0.5) is 15.8 Å². The van der Waals surface area contributed by atoms with Gasteiger partial charge in [-0.25, -0.2) is 4.39 Å². The summed E-state index contributed by atoms with van der Waals surface area (Å²) in [5.41, 5.74) is 1.57. The second-order valence-electron chi connectivity index (χ2n) is 4.75. The van der Waals surface area contributed by atoms with E-state index in [1.165, 1.54) is 18.2 Å². The highest BCUT2D eigenvalue weighted by atomic mass is 35.5. The van der Waals surface area contributed by atoms with Crippen LogP contribution in [0, 0.1) is 5.82 Å². The van der Waals surface area contributed by atoms with Gasteiger partial charge in [0, 0.05) is 25.0 Å². The lowest BCUT2D eigenvalue weighted by Gasteiger charge is -2.18. The molecule has 2 rings (SSSR count). The standard InChI is InChI=1S/C16H16ClFN2O2/c1-20(9-10-21)12-7-5-11(6-8-12)19-16(22)13-3-2-4-14(18)15(13)17/h2-8,21H,9-10H2,1H3,(H,19,22). The molecule has 0 aliphatic heterocycles. The lowest BCUT2D eigenvalue weighted by Crippen LogP contribution is -2.21. The summed E-state index contributed by atoms with van der Waals surface area (Å²) in [7, 11) is 1.86. The van der Waals surface area contributed by atoms with E-state index < -0.39 is 11.7 Å². The van der Waals surface area contributed by atoms with Gasteiger partial charge in [0.25, 0.3) is 5.91 Å². The maximum Gasteiger partial charge on any atom is 0.257 e. The summed E-state index contributed by atoms with van der Waals surface area (Å²) in [4.78, 5) is 14.0. The highest BCUT2D eigenvalue weighted by molar-refractivity contribution is 6.34. The second-order valence-corrected chi connectivity index (χ2v) is 5.13. The zero-order chi connectivity index (χ0) is 16.1. The zero-order valence-electron chi connectivity index (χ0n) is 12.0. The van der Waals surface area contributed by atoms with Gasteiger partial charge in [-0.2, -0.15) is 0 Å². The van der Waals surface area contributed by atoms with Crippen molar-refractivity contribution in [1.82, 2.24) is 0 Å². The molecule has 0 fully saturated rings. The van der Waals surface area contributed by atoms with Gasteiger partial charge < -0.3 is 15.3 Å². The molecule has 22 heavy (non-hydrogen) atoms. The Hall–Kier alpha value is -2.11. The van der Waals surface area contributed by atoms with Crippen LogP contribution in [0.3, 0.4) is 0 Å². The smallest absolute Gasteiger partial charge is 0.257 e. The summed E-state index contributed by atoms with van der Waals surface area (Å²) in [5, 5.41) is 11.4. The van der Waals surface area contributed by atoms with E-state index in [2.05, 4.69) is 5.32 Å². The van der Waals surface area contributed by atoms with E-state index in [1.807, 2.05) is 24.1 Å². The van der Waals surface area contributed by atoms with Crippen molar-refractivity contribution in [3.05, 3.63) is 58.9 Å². The molecule has 116 valence electrons. The number of hydrogen-bond acceptors (Lipinski definition) is 3. The molecular weight excluding hydrogens is 307 g/mol. The Morgan fingerprint density at radius 1 is 1.27 bits per heavy atom. The predicted molar refractivity (Wildman–Crippen MR) is 86.2 cm³/mol. The van der Waals surface area contributed by atoms with Gasteiger partial charge in [-0.15, -0.1) is 0 Å². The molecular formula is C16H16ClFN2O2. The number of hydrogen-bond donors (Lipinski definition) is 2. The predicted octanol–water partition coefficient (Wildman–Crippen LogP) is 3.16. The first-order chi connectivity index (χ1) is 10.5. The van der Waals surface area contributed by atoms with E-state index in [1.54, 1.807) is 12.1 Å². The van der Waals surface area contributed by atoms with Crippen molar-refractivity contribution < 1.29 is 14.3 Å². The zero-order valence-corrected chi connectivity index (χ0v) is 12.8. The molecule has 0 aliphatic rings. The molecule has 0 aromatic heterocycles. The minimum Gasteiger partial charge on any atom is -0.395 e. The number of nitrogens with zero attached hydrogens (tertiary/aromatic N) is 1. The first kappa shape index (κ1) is 16.3. The number of anilines is 2. The Morgan fingerprint density at radius 2 is 1.95 bits per heavy atom. The van der Waals surface area contributed by atoms with Crippen LogP contribution in [0.5, 0.6) is 0 Å². The first-order valence-electron chi connectivity index (χ1n) is 6.70. The molecule has 0 heterocycles. The molecule has 0 bridgehead atoms. The number of likely N-dealkylation sites (N-methyl/N-ethyl adjacent to an activating group) is 1. The first-order valence-corrected chi connectivity index (χ1v) is 7.08. The molecule has 0 radical (unpaired) electrons. The van der Waals surface area contributed by atoms with E-state index in [4.69, 9.17) is 16.7 Å². The Morgan fingerprint density at radius 3 is 2.59 bits per heavy atom. The maximum atomic E-state index is 13.4. The number of benzene rings is 2. The van der Waals surface area contributed by atoms with Gasteiger partial charge in [-0.1, -0.05) is 17.7 Å². The number of carbonyl (C=O) groups excluding carboxylic acids is 1. The third-order valence-electron chi connectivity index (χ3n) is 3.20. The van der Waals surface area contributed by atoms with Crippen molar-refractivity contribution in [2.45, 2.75) is 0 Å². The number of nitrogens with one attached hydrogen (secondary N) is 1. The van der Waals surface area contributed by atoms with E-state index in [0.29, 0.717) is 12.2 Å². The molecule has 0 saturated heterocycles. The highest BCUT2D eigenvalue weighted by Gasteiger charge is 2.13. The molecule has 1 amide bonds. The molecule has 0 saturated carbocycles. The average Bonchev–Trinajstić information content (AvgIpc) is 2.51. The van der Waals surface area contributed by atoms with Crippen LogP contribution in [0.2, 0.25) is 5.02 Å². The minimum atomic E-state index is -0.629. The molecule has 2 aromatic carbocycles. The van der Waals surface area contributed by atoms with Crippen LogP contribution in [-0.2, 0) is 0 Å². The largest absolute Gasteiger partial charge is 0.395 e. The summed E-state index contributed by atoms with van der Waals surface area (Å²) in [6.45, 7) is 0.581. The monoisotopic (exact) mass is 322 g/mol. The van der Waals surface area contributed by atoms with Crippen molar-refractivity contribution in [2.75, 3.05) is 30.4 Å². The van der Waals surface area contributed by atoms with Crippen LogP contribution in [-0.4, -0.2) is 31.2 Å². The number of carbonyl (C=O) groups is 1. The topological polar surface area (TPSA) is 52.6 Å². The van der Waals surface area contributed by atoms with Gasteiger partial charge in [0.15, 0.2) is 0 Å². The van der Waals surface area contributed by atoms with E-state index >= 15 is 0 Å². The van der Waals surface area contributed by atoms with Crippen LogP contribution >= 0.6 is 11.6 Å². The molecule has 2 N–H and O–H groups in total. The summed E-state index contributed by atoms with van der Waals surface area (Å²) in [6.07, 6.45) is 0. The number of halogens is 2. The van der Waals surface area contributed by atoms with Gasteiger partial charge in [0.1, 0.15) is 5.82 Å². The van der Waals surface area contributed by atoms with E-state index in [9.17, 15) is 9.18 Å². The van der Waals surface area contributed by atoms with Crippen molar-refractivity contribution in [3.8, 4) is 0 Å². The molecule has 6 heteroatoms. The average molecular weight is 323 g/mol. The third kappa shape index (κ3) is 3.75. The maximum absolute atomic E-state index is 13.4. The Labute approximate surface area is 133 Å². The Balaban J connectivity index is 2.10. The number of rotatable bonds is 5. The molecule has 0 unspecified atom stereocenters. The van der Waals surface area contributed by atoms with Crippen molar-refractivity contribution in [2.24, 2.45) is 0 Å². The van der Waals surface area contributed by atoms with Gasteiger partial charge in [-0.05, 0) is 36.4 Å². The third-order valence-corrected chi connectivity index (χ3v) is 3.58. The molecule has 0 aliphatic carbocycles. The van der Waals surface area contributed by atoms with Gasteiger partial charge >= 0.3 is 0 Å². The number of aliphatic hydroxyl groups is 1. The lowest BCUT2D eigenvalue weighted by molar-refractivity contribution is 0.102. The fourth-order valence-corrected chi connectivity index (χ4v) is 2.17. The van der Waals surface area contributed by atoms with Crippen molar-refractivity contribution in [3.63, 3.8) is 0 Å². The lowest BCUT2D eigenvalue weighted by atomic mass is 10.2. The van der Waals surface area contributed by atoms with Gasteiger partial charge in [0.2, 0.25) is 0 Å². The summed E-state index contributed by atoms with van der Waals surface area (Å²) >= 11 is 5.79. The van der Waals surface area contributed by atoms with E-state index in [-0.39, 0.29) is 17.2 Å². The van der Waals surface area contributed by atoms with Crippen LogP contribution < -0.4 is 10.2 Å². The summed E-state index contributed by atoms with van der Waals surface area (Å²) < 4.78 is 13.4. The van der Waals surface area contributed by atoms with Gasteiger partial charge in [0.05, 0.1) is 17.2 Å². The Bertz CT molecular complexity index is 662. The molecule has 2 aromatic rings. The van der Waals surface area contributed by atoms with Crippen LogP contribution in [0.25, 0.3) is 0 Å². The minimum absolute atomic E-state index is 0.0626. The highest BCUT2D eigenvalue weighted by Crippen LogP contribution is 2.22.